The lowest BCUT2D eigenvalue weighted by Gasteiger charge is -2.18. The molecule has 0 aliphatic heterocycles. The van der Waals surface area contributed by atoms with E-state index in [0.717, 1.165) is 24.5 Å². The fraction of sp³-hybridized carbons (Fsp3) is 0.333. The molecule has 0 aliphatic rings. The molecule has 0 aromatic heterocycles. The first-order valence-electron chi connectivity index (χ1n) is 7.36. The molecule has 0 saturated heterocycles. The van der Waals surface area contributed by atoms with Crippen LogP contribution >= 0.6 is 0 Å². The topological polar surface area (TPSA) is 26.0 Å². The van der Waals surface area contributed by atoms with Gasteiger partial charge in [-0.05, 0) is 47.6 Å². The highest BCUT2D eigenvalue weighted by molar-refractivity contribution is 5.35. The van der Waals surface area contributed by atoms with Gasteiger partial charge < -0.3 is 5.73 Å². The van der Waals surface area contributed by atoms with E-state index in [1.807, 2.05) is 0 Å². The van der Waals surface area contributed by atoms with Crippen LogP contribution in [-0.4, -0.2) is 0 Å². The molecule has 112 valence electrons. The monoisotopic (exact) mass is 289 g/mol. The molecular formula is C18H21F2N. The van der Waals surface area contributed by atoms with Gasteiger partial charge in [-0.3, -0.25) is 0 Å². The fourth-order valence-corrected chi connectivity index (χ4v) is 2.57. The third-order valence-corrected chi connectivity index (χ3v) is 3.85. The van der Waals surface area contributed by atoms with Crippen molar-refractivity contribution in [2.45, 2.75) is 39.2 Å². The summed E-state index contributed by atoms with van der Waals surface area (Å²) in [5.74, 6) is -1.10. The van der Waals surface area contributed by atoms with Gasteiger partial charge >= 0.3 is 0 Å². The number of halogens is 2. The molecule has 0 spiro atoms. The lowest BCUT2D eigenvalue weighted by molar-refractivity contribution is 0.562. The molecule has 1 atom stereocenters. The van der Waals surface area contributed by atoms with Crippen LogP contribution in [0, 0.1) is 11.6 Å². The summed E-state index contributed by atoms with van der Waals surface area (Å²) in [4.78, 5) is 0. The van der Waals surface area contributed by atoms with Crippen LogP contribution in [0.3, 0.4) is 0 Å². The van der Waals surface area contributed by atoms with E-state index in [4.69, 9.17) is 5.73 Å². The Bertz CT molecular complexity index is 623. The molecule has 2 aromatic carbocycles. The zero-order valence-electron chi connectivity index (χ0n) is 12.5. The van der Waals surface area contributed by atoms with Gasteiger partial charge in [0.15, 0.2) is 0 Å². The predicted molar refractivity (Wildman–Crippen MR) is 82.2 cm³/mol. The summed E-state index contributed by atoms with van der Waals surface area (Å²) in [5.41, 5.74) is 10.2. The average Bonchev–Trinajstić information content (AvgIpc) is 2.49. The summed E-state index contributed by atoms with van der Waals surface area (Å²) < 4.78 is 26.7. The summed E-state index contributed by atoms with van der Waals surface area (Å²) in [7, 11) is 0. The number of benzene rings is 2. The third-order valence-electron chi connectivity index (χ3n) is 3.85. The second kappa shape index (κ2) is 6.81. The van der Waals surface area contributed by atoms with E-state index < -0.39 is 11.6 Å². The molecule has 1 nitrogen and oxygen atoms in total. The van der Waals surface area contributed by atoms with Crippen LogP contribution in [0.15, 0.2) is 36.4 Å². The van der Waals surface area contributed by atoms with Gasteiger partial charge in [0.2, 0.25) is 0 Å². The summed E-state index contributed by atoms with van der Waals surface area (Å²) in [6, 6.07) is 9.67. The molecule has 21 heavy (non-hydrogen) atoms. The molecule has 0 radical (unpaired) electrons. The van der Waals surface area contributed by atoms with Gasteiger partial charge in [-0.1, -0.05) is 38.1 Å². The normalized spacial score (nSPS) is 12.4. The van der Waals surface area contributed by atoms with Crippen molar-refractivity contribution >= 4 is 0 Å². The van der Waals surface area contributed by atoms with E-state index in [2.05, 4.69) is 32.0 Å². The van der Waals surface area contributed by atoms with Gasteiger partial charge in [-0.15, -0.1) is 0 Å². The van der Waals surface area contributed by atoms with E-state index in [1.165, 1.54) is 23.3 Å². The minimum absolute atomic E-state index is 0.286. The number of aryl methyl sites for hydroxylation is 2. The molecule has 0 saturated carbocycles. The summed E-state index contributed by atoms with van der Waals surface area (Å²) in [6.07, 6.45) is 2.19. The molecule has 2 N–H and O–H groups in total. The highest BCUT2D eigenvalue weighted by Crippen LogP contribution is 2.24. The minimum Gasteiger partial charge on any atom is -0.324 e. The van der Waals surface area contributed by atoms with Crippen LogP contribution < -0.4 is 5.73 Å². The Morgan fingerprint density at radius 2 is 1.67 bits per heavy atom. The lowest BCUT2D eigenvalue weighted by Crippen LogP contribution is -2.16. The summed E-state index contributed by atoms with van der Waals surface area (Å²) in [5, 5.41) is 0. The van der Waals surface area contributed by atoms with Crippen molar-refractivity contribution in [3.8, 4) is 0 Å². The average molecular weight is 289 g/mol. The van der Waals surface area contributed by atoms with Crippen molar-refractivity contribution in [2.75, 3.05) is 0 Å². The SMILES string of the molecule is CCc1ccc(CC)c(C(N)Cc2ccc(F)cc2F)c1. The molecular weight excluding hydrogens is 268 g/mol. The van der Waals surface area contributed by atoms with Crippen LogP contribution in [0.2, 0.25) is 0 Å². The van der Waals surface area contributed by atoms with Crippen LogP contribution in [0.1, 0.15) is 42.1 Å². The van der Waals surface area contributed by atoms with Crippen LogP contribution in [0.4, 0.5) is 8.78 Å². The molecule has 0 amide bonds. The van der Waals surface area contributed by atoms with E-state index in [-0.39, 0.29) is 6.04 Å². The predicted octanol–water partition coefficient (Wildman–Crippen LogP) is 4.33. The van der Waals surface area contributed by atoms with Gasteiger partial charge in [-0.2, -0.15) is 0 Å². The van der Waals surface area contributed by atoms with Gasteiger partial charge in [0.1, 0.15) is 11.6 Å². The first-order valence-corrected chi connectivity index (χ1v) is 7.36. The molecule has 0 bridgehead atoms. The maximum Gasteiger partial charge on any atom is 0.129 e. The Balaban J connectivity index is 2.28. The second-order valence-electron chi connectivity index (χ2n) is 5.29. The largest absolute Gasteiger partial charge is 0.324 e. The Kier molecular flexibility index (Phi) is 5.07. The Hall–Kier alpha value is -1.74. The number of hydrogen-bond acceptors (Lipinski definition) is 1. The fourth-order valence-electron chi connectivity index (χ4n) is 2.57. The lowest BCUT2D eigenvalue weighted by atomic mass is 9.92. The van der Waals surface area contributed by atoms with E-state index in [9.17, 15) is 8.78 Å². The standard InChI is InChI=1S/C18H21F2N/c1-3-12-5-6-13(4-2)16(9-12)18(21)10-14-7-8-15(19)11-17(14)20/h5-9,11,18H,3-4,10,21H2,1-2H3. The van der Waals surface area contributed by atoms with Gasteiger partial charge in [0.05, 0.1) is 0 Å². The molecule has 2 rings (SSSR count). The highest BCUT2D eigenvalue weighted by Gasteiger charge is 2.14. The highest BCUT2D eigenvalue weighted by atomic mass is 19.1. The molecule has 3 heteroatoms. The van der Waals surface area contributed by atoms with Crippen molar-refractivity contribution in [1.29, 1.82) is 0 Å². The maximum absolute atomic E-state index is 13.8. The number of nitrogens with two attached hydrogens (primary N) is 1. The van der Waals surface area contributed by atoms with E-state index >= 15 is 0 Å². The third kappa shape index (κ3) is 3.67. The Labute approximate surface area is 124 Å². The zero-order chi connectivity index (χ0) is 15.4. The second-order valence-corrected chi connectivity index (χ2v) is 5.29. The van der Waals surface area contributed by atoms with Crippen molar-refractivity contribution in [3.05, 3.63) is 70.3 Å². The molecule has 0 heterocycles. The van der Waals surface area contributed by atoms with Crippen molar-refractivity contribution in [3.63, 3.8) is 0 Å². The van der Waals surface area contributed by atoms with E-state index in [1.54, 1.807) is 0 Å². The Morgan fingerprint density at radius 1 is 0.952 bits per heavy atom. The van der Waals surface area contributed by atoms with E-state index in [0.29, 0.717) is 12.0 Å². The maximum atomic E-state index is 13.8. The minimum atomic E-state index is -0.563. The molecule has 0 fully saturated rings. The van der Waals surface area contributed by atoms with Crippen LogP contribution in [0.5, 0.6) is 0 Å². The summed E-state index contributed by atoms with van der Waals surface area (Å²) >= 11 is 0. The number of rotatable bonds is 5. The van der Waals surface area contributed by atoms with Crippen LogP contribution in [-0.2, 0) is 19.3 Å². The van der Waals surface area contributed by atoms with Crippen LogP contribution in [0.25, 0.3) is 0 Å². The summed E-state index contributed by atoms with van der Waals surface area (Å²) in [6.45, 7) is 4.17. The molecule has 1 unspecified atom stereocenters. The van der Waals surface area contributed by atoms with Gasteiger partial charge in [0.25, 0.3) is 0 Å². The first kappa shape index (κ1) is 15.6. The Morgan fingerprint density at radius 3 is 2.29 bits per heavy atom. The molecule has 0 aliphatic carbocycles. The van der Waals surface area contributed by atoms with Crippen molar-refractivity contribution < 1.29 is 8.78 Å². The van der Waals surface area contributed by atoms with Crippen molar-refractivity contribution in [2.24, 2.45) is 5.73 Å². The smallest absolute Gasteiger partial charge is 0.129 e. The quantitative estimate of drug-likeness (QED) is 0.871. The number of hydrogen-bond donors (Lipinski definition) is 1. The van der Waals surface area contributed by atoms with Gasteiger partial charge in [0, 0.05) is 12.1 Å². The zero-order valence-corrected chi connectivity index (χ0v) is 12.5. The first-order chi connectivity index (χ1) is 10.0. The molecule has 2 aromatic rings. The van der Waals surface area contributed by atoms with Gasteiger partial charge in [-0.25, -0.2) is 8.78 Å². The van der Waals surface area contributed by atoms with Crippen molar-refractivity contribution in [1.82, 2.24) is 0 Å².